The smallest absolute Gasteiger partial charge is 0.310 e. The summed E-state index contributed by atoms with van der Waals surface area (Å²) in [5.74, 6) is -0.511. The average molecular weight is 271 g/mol. The number of rotatable bonds is 6. The molecule has 2 unspecified atom stereocenters. The highest BCUT2D eigenvalue weighted by Gasteiger charge is 2.42. The zero-order valence-electron chi connectivity index (χ0n) is 12.8. The monoisotopic (exact) mass is 271 g/mol. The summed E-state index contributed by atoms with van der Waals surface area (Å²) in [4.78, 5) is 13.8. The van der Waals surface area contributed by atoms with Crippen LogP contribution < -0.4 is 0 Å². The van der Waals surface area contributed by atoms with Crippen LogP contribution in [0.4, 0.5) is 0 Å². The molecule has 1 rings (SSSR count). The lowest BCUT2D eigenvalue weighted by atomic mass is 9.76. The number of likely N-dealkylation sites (tertiary alicyclic amines) is 1. The predicted octanol–water partition coefficient (Wildman–Crippen LogP) is 2.36. The van der Waals surface area contributed by atoms with E-state index in [-0.39, 0.29) is 5.92 Å². The van der Waals surface area contributed by atoms with Crippen LogP contribution in [0.15, 0.2) is 0 Å². The van der Waals surface area contributed by atoms with Gasteiger partial charge in [0, 0.05) is 13.1 Å². The highest BCUT2D eigenvalue weighted by Crippen LogP contribution is 2.36. The quantitative estimate of drug-likeness (QED) is 0.778. The van der Waals surface area contributed by atoms with Gasteiger partial charge in [0.05, 0.1) is 11.0 Å². The normalized spacial score (nSPS) is 28.3. The summed E-state index contributed by atoms with van der Waals surface area (Å²) in [5, 5.41) is 19.9. The molecule has 0 aromatic rings. The van der Waals surface area contributed by atoms with Gasteiger partial charge in [-0.05, 0) is 38.6 Å². The van der Waals surface area contributed by atoms with Crippen LogP contribution >= 0.6 is 0 Å². The molecule has 4 heteroatoms. The van der Waals surface area contributed by atoms with Gasteiger partial charge in [-0.15, -0.1) is 0 Å². The van der Waals surface area contributed by atoms with E-state index in [1.165, 1.54) is 0 Å². The average Bonchev–Trinajstić information content (AvgIpc) is 2.28. The first-order valence-corrected chi connectivity index (χ1v) is 7.41. The van der Waals surface area contributed by atoms with Crippen LogP contribution in [-0.2, 0) is 4.79 Å². The summed E-state index contributed by atoms with van der Waals surface area (Å²) < 4.78 is 0. The standard InChI is InChI=1S/C15H29NO3/c1-5-7-15(13(17)18)8-6-9-16(11-15)10-14(4,19)12(2)3/h12,19H,5-11H2,1-4H3,(H,17,18). The molecule has 0 amide bonds. The number of hydrogen-bond acceptors (Lipinski definition) is 3. The SMILES string of the molecule is CCCC1(C(=O)O)CCCN(CC(C)(O)C(C)C)C1. The van der Waals surface area contributed by atoms with Crippen molar-refractivity contribution >= 4 is 5.97 Å². The molecule has 112 valence electrons. The van der Waals surface area contributed by atoms with Crippen LogP contribution in [0.5, 0.6) is 0 Å². The van der Waals surface area contributed by atoms with Crippen molar-refractivity contribution in [2.75, 3.05) is 19.6 Å². The van der Waals surface area contributed by atoms with Gasteiger partial charge in [-0.2, -0.15) is 0 Å². The number of carboxylic acids is 1. The number of aliphatic hydroxyl groups is 1. The third-order valence-corrected chi connectivity index (χ3v) is 4.63. The molecule has 1 fully saturated rings. The van der Waals surface area contributed by atoms with Crippen LogP contribution in [0, 0.1) is 11.3 Å². The van der Waals surface area contributed by atoms with E-state index in [4.69, 9.17) is 0 Å². The van der Waals surface area contributed by atoms with Gasteiger partial charge < -0.3 is 10.2 Å². The Labute approximate surface area is 116 Å². The molecule has 19 heavy (non-hydrogen) atoms. The lowest BCUT2D eigenvalue weighted by Crippen LogP contribution is -2.53. The van der Waals surface area contributed by atoms with Crippen molar-refractivity contribution < 1.29 is 15.0 Å². The number of aliphatic carboxylic acids is 1. The second-order valence-corrected chi connectivity index (χ2v) is 6.66. The Morgan fingerprint density at radius 1 is 1.47 bits per heavy atom. The van der Waals surface area contributed by atoms with E-state index < -0.39 is 17.0 Å². The Bertz CT molecular complexity index is 311. The van der Waals surface area contributed by atoms with Gasteiger partial charge in [0.15, 0.2) is 0 Å². The van der Waals surface area contributed by atoms with E-state index >= 15 is 0 Å². The highest BCUT2D eigenvalue weighted by molar-refractivity contribution is 5.75. The summed E-state index contributed by atoms with van der Waals surface area (Å²) >= 11 is 0. The molecule has 1 heterocycles. The Hall–Kier alpha value is -0.610. The first-order chi connectivity index (χ1) is 8.73. The van der Waals surface area contributed by atoms with Crippen molar-refractivity contribution in [3.8, 4) is 0 Å². The maximum Gasteiger partial charge on any atom is 0.310 e. The van der Waals surface area contributed by atoms with Crippen molar-refractivity contribution in [3.63, 3.8) is 0 Å². The molecule has 0 radical (unpaired) electrons. The van der Waals surface area contributed by atoms with Gasteiger partial charge in [0.2, 0.25) is 0 Å². The number of carbonyl (C=O) groups is 1. The minimum atomic E-state index is -0.756. The minimum Gasteiger partial charge on any atom is -0.481 e. The Kier molecular flexibility index (Phi) is 5.39. The summed E-state index contributed by atoms with van der Waals surface area (Å²) in [6.45, 7) is 9.90. The number of piperidine rings is 1. The lowest BCUT2D eigenvalue weighted by molar-refractivity contribution is -0.154. The number of carboxylic acid groups (broad SMARTS) is 1. The molecule has 2 N–H and O–H groups in total. The Balaban J connectivity index is 2.75. The van der Waals surface area contributed by atoms with Gasteiger partial charge in [-0.1, -0.05) is 27.2 Å². The van der Waals surface area contributed by atoms with Crippen molar-refractivity contribution in [1.82, 2.24) is 4.90 Å². The molecule has 1 aliphatic heterocycles. The molecule has 0 saturated carbocycles. The van der Waals surface area contributed by atoms with Crippen LogP contribution in [0.25, 0.3) is 0 Å². The molecule has 2 atom stereocenters. The largest absolute Gasteiger partial charge is 0.481 e. The Morgan fingerprint density at radius 2 is 2.11 bits per heavy atom. The number of hydrogen-bond donors (Lipinski definition) is 2. The Morgan fingerprint density at radius 3 is 2.58 bits per heavy atom. The zero-order valence-corrected chi connectivity index (χ0v) is 12.8. The second-order valence-electron chi connectivity index (χ2n) is 6.66. The maximum atomic E-state index is 11.6. The van der Waals surface area contributed by atoms with E-state index in [0.29, 0.717) is 13.1 Å². The van der Waals surface area contributed by atoms with E-state index in [0.717, 1.165) is 32.2 Å². The second kappa shape index (κ2) is 6.23. The summed E-state index contributed by atoms with van der Waals surface area (Å²) in [6.07, 6.45) is 3.28. The fraction of sp³-hybridized carbons (Fsp3) is 0.933. The lowest BCUT2D eigenvalue weighted by Gasteiger charge is -2.43. The van der Waals surface area contributed by atoms with Crippen LogP contribution in [-0.4, -0.2) is 46.3 Å². The molecule has 0 bridgehead atoms. The molecule has 4 nitrogen and oxygen atoms in total. The van der Waals surface area contributed by atoms with Gasteiger partial charge in [0.25, 0.3) is 0 Å². The van der Waals surface area contributed by atoms with Crippen molar-refractivity contribution in [1.29, 1.82) is 0 Å². The summed E-state index contributed by atoms with van der Waals surface area (Å²) in [6, 6.07) is 0. The fourth-order valence-corrected chi connectivity index (χ4v) is 2.96. The van der Waals surface area contributed by atoms with Crippen molar-refractivity contribution in [3.05, 3.63) is 0 Å². The molecule has 0 aliphatic carbocycles. The maximum absolute atomic E-state index is 11.6. The van der Waals surface area contributed by atoms with Crippen molar-refractivity contribution in [2.45, 2.75) is 59.0 Å². The van der Waals surface area contributed by atoms with E-state index in [2.05, 4.69) is 4.90 Å². The molecule has 0 spiro atoms. The minimum absolute atomic E-state index is 0.167. The third kappa shape index (κ3) is 3.93. The number of nitrogens with zero attached hydrogens (tertiary/aromatic N) is 1. The van der Waals surface area contributed by atoms with Crippen LogP contribution in [0.2, 0.25) is 0 Å². The highest BCUT2D eigenvalue weighted by atomic mass is 16.4. The van der Waals surface area contributed by atoms with Gasteiger partial charge >= 0.3 is 5.97 Å². The zero-order chi connectivity index (χ0) is 14.7. The van der Waals surface area contributed by atoms with Crippen LogP contribution in [0.3, 0.4) is 0 Å². The van der Waals surface area contributed by atoms with E-state index in [9.17, 15) is 15.0 Å². The molecule has 1 aliphatic rings. The first-order valence-electron chi connectivity index (χ1n) is 7.41. The van der Waals surface area contributed by atoms with E-state index in [1.807, 2.05) is 27.7 Å². The fourth-order valence-electron chi connectivity index (χ4n) is 2.96. The molecular formula is C15H29NO3. The number of β-amino-alcohol motifs (C(OH)–C–C–N with tert-alkyl or cyclic N) is 1. The van der Waals surface area contributed by atoms with Gasteiger partial charge in [0.1, 0.15) is 0 Å². The van der Waals surface area contributed by atoms with E-state index in [1.54, 1.807) is 0 Å². The molecular weight excluding hydrogens is 242 g/mol. The van der Waals surface area contributed by atoms with Gasteiger partial charge in [-0.3, -0.25) is 9.69 Å². The first kappa shape index (κ1) is 16.4. The molecule has 0 aromatic heterocycles. The molecule has 1 saturated heterocycles. The van der Waals surface area contributed by atoms with Gasteiger partial charge in [-0.25, -0.2) is 0 Å². The topological polar surface area (TPSA) is 60.8 Å². The summed E-state index contributed by atoms with van der Waals surface area (Å²) in [5.41, 5.74) is -1.37. The summed E-state index contributed by atoms with van der Waals surface area (Å²) in [7, 11) is 0. The molecule has 0 aromatic carbocycles. The van der Waals surface area contributed by atoms with Crippen LogP contribution in [0.1, 0.15) is 53.4 Å². The van der Waals surface area contributed by atoms with Crippen molar-refractivity contribution in [2.24, 2.45) is 11.3 Å². The third-order valence-electron chi connectivity index (χ3n) is 4.63. The predicted molar refractivity (Wildman–Crippen MR) is 76.1 cm³/mol.